The second-order valence-corrected chi connectivity index (χ2v) is 9.03. The zero-order valence-electron chi connectivity index (χ0n) is 17.3. The maximum Gasteiger partial charge on any atom is 0.272 e. The maximum absolute atomic E-state index is 13.1. The summed E-state index contributed by atoms with van der Waals surface area (Å²) in [4.78, 5) is 32.1. The third-order valence-corrected chi connectivity index (χ3v) is 6.73. The summed E-state index contributed by atoms with van der Waals surface area (Å²) in [6, 6.07) is 1.88. The normalized spacial score (nSPS) is 26.2. The molecule has 1 aromatic rings. The minimum Gasteiger partial charge on any atom is -0.342 e. The van der Waals surface area contributed by atoms with Gasteiger partial charge in [0.05, 0.1) is 12.2 Å². The molecular weight excluding hydrogens is 354 g/mol. The topological polar surface area (TPSA) is 61.7 Å². The van der Waals surface area contributed by atoms with Gasteiger partial charge < -0.3 is 9.80 Å². The van der Waals surface area contributed by atoms with Gasteiger partial charge in [0.2, 0.25) is 5.91 Å². The van der Waals surface area contributed by atoms with Crippen molar-refractivity contribution in [3.05, 3.63) is 17.5 Å². The molecule has 0 saturated carbocycles. The first-order chi connectivity index (χ1) is 13.5. The highest BCUT2D eigenvalue weighted by Crippen LogP contribution is 2.38. The van der Waals surface area contributed by atoms with Gasteiger partial charge in [-0.1, -0.05) is 0 Å². The van der Waals surface area contributed by atoms with E-state index < -0.39 is 0 Å². The van der Waals surface area contributed by atoms with E-state index in [-0.39, 0.29) is 17.2 Å². The van der Waals surface area contributed by atoms with Gasteiger partial charge in [-0.2, -0.15) is 5.10 Å². The summed E-state index contributed by atoms with van der Waals surface area (Å²) in [5.74, 6) is 0.371. The molecule has 4 heterocycles. The van der Waals surface area contributed by atoms with E-state index in [1.807, 2.05) is 29.8 Å². The molecular formula is C21H33N5O2. The van der Waals surface area contributed by atoms with Gasteiger partial charge >= 0.3 is 0 Å². The fourth-order valence-electron chi connectivity index (χ4n) is 5.39. The Morgan fingerprint density at radius 3 is 2.36 bits per heavy atom. The summed E-state index contributed by atoms with van der Waals surface area (Å²) in [7, 11) is 1.84. The molecule has 0 aliphatic carbocycles. The molecule has 0 radical (unpaired) electrons. The first-order valence-electron chi connectivity index (χ1n) is 10.8. The summed E-state index contributed by atoms with van der Waals surface area (Å²) in [5.41, 5.74) is 1.68. The van der Waals surface area contributed by atoms with E-state index in [0.29, 0.717) is 12.2 Å². The lowest BCUT2D eigenvalue weighted by atomic mass is 9.73. The number of hydrogen-bond donors (Lipinski definition) is 0. The first-order valence-corrected chi connectivity index (χ1v) is 10.8. The van der Waals surface area contributed by atoms with Crippen LogP contribution in [-0.4, -0.2) is 82.1 Å². The van der Waals surface area contributed by atoms with Gasteiger partial charge in [0.15, 0.2) is 0 Å². The second-order valence-electron chi connectivity index (χ2n) is 9.03. The van der Waals surface area contributed by atoms with Crippen LogP contribution in [0.25, 0.3) is 0 Å². The summed E-state index contributed by atoms with van der Waals surface area (Å²) in [6.07, 6.45) is 6.72. The van der Waals surface area contributed by atoms with Gasteiger partial charge in [-0.3, -0.25) is 19.2 Å². The Balaban J connectivity index is 1.41. The molecule has 1 atom stereocenters. The molecule has 3 fully saturated rings. The number of carbonyl (C=O) groups is 2. The average Bonchev–Trinajstić information content (AvgIpc) is 3.31. The number of piperidine rings is 2. The van der Waals surface area contributed by atoms with E-state index in [9.17, 15) is 9.59 Å². The minimum absolute atomic E-state index is 0.0902. The van der Waals surface area contributed by atoms with Gasteiger partial charge in [-0.15, -0.1) is 0 Å². The van der Waals surface area contributed by atoms with E-state index in [2.05, 4.69) is 10.00 Å². The van der Waals surface area contributed by atoms with Crippen molar-refractivity contribution in [2.75, 3.05) is 45.8 Å². The zero-order valence-corrected chi connectivity index (χ0v) is 17.3. The van der Waals surface area contributed by atoms with Crippen molar-refractivity contribution < 1.29 is 9.59 Å². The van der Waals surface area contributed by atoms with Crippen LogP contribution in [0, 0.1) is 12.3 Å². The Morgan fingerprint density at radius 2 is 1.68 bits per heavy atom. The molecule has 2 amide bonds. The minimum atomic E-state index is 0.0902. The predicted octanol–water partition coefficient (Wildman–Crippen LogP) is 1.67. The number of carbonyl (C=O) groups excluding carboxylic acids is 2. The van der Waals surface area contributed by atoms with Gasteiger partial charge in [0.25, 0.3) is 5.91 Å². The predicted molar refractivity (Wildman–Crippen MR) is 107 cm³/mol. The highest BCUT2D eigenvalue weighted by Gasteiger charge is 2.41. The van der Waals surface area contributed by atoms with Crippen LogP contribution in [0.1, 0.15) is 54.7 Å². The fourth-order valence-corrected chi connectivity index (χ4v) is 5.39. The van der Waals surface area contributed by atoms with Crippen molar-refractivity contribution in [2.45, 2.75) is 45.4 Å². The molecule has 0 N–H and O–H groups in total. The summed E-state index contributed by atoms with van der Waals surface area (Å²) in [5, 5.41) is 4.33. The van der Waals surface area contributed by atoms with Gasteiger partial charge in [-0.25, -0.2) is 0 Å². The summed E-state index contributed by atoms with van der Waals surface area (Å²) in [6.45, 7) is 7.84. The van der Waals surface area contributed by atoms with Crippen LogP contribution in [0.3, 0.4) is 0 Å². The lowest BCUT2D eigenvalue weighted by molar-refractivity contribution is -0.132. The molecule has 3 aliphatic heterocycles. The Morgan fingerprint density at radius 1 is 1.00 bits per heavy atom. The average molecular weight is 388 g/mol. The SMILES string of the molecule is Cc1cc(C(=O)N2CCCC3(CCCN(CC(=O)N4CCCC4)C3)C2)n(C)n1. The van der Waals surface area contributed by atoms with Crippen molar-refractivity contribution in [3.63, 3.8) is 0 Å². The molecule has 154 valence electrons. The largest absolute Gasteiger partial charge is 0.342 e. The van der Waals surface area contributed by atoms with Gasteiger partial charge in [0, 0.05) is 45.2 Å². The molecule has 0 bridgehead atoms. The highest BCUT2D eigenvalue weighted by atomic mass is 16.2. The van der Waals surface area contributed by atoms with E-state index in [1.165, 1.54) is 0 Å². The van der Waals surface area contributed by atoms with Crippen LogP contribution in [0.15, 0.2) is 6.07 Å². The molecule has 7 heteroatoms. The molecule has 28 heavy (non-hydrogen) atoms. The highest BCUT2D eigenvalue weighted by molar-refractivity contribution is 5.92. The number of nitrogens with zero attached hydrogens (tertiary/aromatic N) is 5. The standard InChI is InChI=1S/C21H33N5O2/c1-17-13-18(23(2)22-17)20(28)26-12-6-8-21(16-26)7-5-9-24(15-21)14-19(27)25-10-3-4-11-25/h13H,3-12,14-16H2,1-2H3. The molecule has 3 saturated heterocycles. The van der Waals surface area contributed by atoms with Crippen molar-refractivity contribution in [3.8, 4) is 0 Å². The van der Waals surface area contributed by atoms with E-state index in [0.717, 1.165) is 83.5 Å². The summed E-state index contributed by atoms with van der Waals surface area (Å²) >= 11 is 0. The Kier molecular flexibility index (Phi) is 5.45. The second kappa shape index (κ2) is 7.85. The molecule has 3 aliphatic rings. The number of likely N-dealkylation sites (tertiary alicyclic amines) is 3. The first kappa shape index (κ1) is 19.4. The third-order valence-electron chi connectivity index (χ3n) is 6.73. The molecule has 0 aromatic carbocycles. The van der Waals surface area contributed by atoms with Crippen molar-refractivity contribution in [2.24, 2.45) is 12.5 Å². The van der Waals surface area contributed by atoms with E-state index in [1.54, 1.807) is 4.68 Å². The number of hydrogen-bond acceptors (Lipinski definition) is 4. The number of aryl methyl sites for hydroxylation is 2. The van der Waals surface area contributed by atoms with Crippen molar-refractivity contribution in [1.82, 2.24) is 24.5 Å². The van der Waals surface area contributed by atoms with Crippen molar-refractivity contribution in [1.29, 1.82) is 0 Å². The molecule has 1 unspecified atom stereocenters. The molecule has 1 spiro atoms. The Labute approximate surface area is 167 Å². The van der Waals surface area contributed by atoms with Crippen LogP contribution in [0.5, 0.6) is 0 Å². The number of aromatic nitrogens is 2. The lowest BCUT2D eigenvalue weighted by Crippen LogP contribution is -2.55. The molecule has 4 rings (SSSR count). The lowest BCUT2D eigenvalue weighted by Gasteiger charge is -2.48. The summed E-state index contributed by atoms with van der Waals surface area (Å²) < 4.78 is 1.70. The van der Waals surface area contributed by atoms with Crippen molar-refractivity contribution >= 4 is 11.8 Å². The van der Waals surface area contributed by atoms with Gasteiger partial charge in [-0.05, 0) is 58.1 Å². The Hall–Kier alpha value is -1.89. The van der Waals surface area contributed by atoms with Crippen LogP contribution < -0.4 is 0 Å². The smallest absolute Gasteiger partial charge is 0.272 e. The fraction of sp³-hybridized carbons (Fsp3) is 0.762. The quantitative estimate of drug-likeness (QED) is 0.792. The third kappa shape index (κ3) is 3.95. The van der Waals surface area contributed by atoms with Crippen LogP contribution >= 0.6 is 0 Å². The van der Waals surface area contributed by atoms with Crippen LogP contribution in [0.4, 0.5) is 0 Å². The zero-order chi connectivity index (χ0) is 19.7. The van der Waals surface area contributed by atoms with Gasteiger partial charge in [0.1, 0.15) is 5.69 Å². The van der Waals surface area contributed by atoms with E-state index in [4.69, 9.17) is 0 Å². The van der Waals surface area contributed by atoms with Crippen LogP contribution in [0.2, 0.25) is 0 Å². The van der Waals surface area contributed by atoms with Crippen LogP contribution in [-0.2, 0) is 11.8 Å². The Bertz CT molecular complexity index is 735. The molecule has 1 aromatic heterocycles. The number of rotatable bonds is 3. The number of amides is 2. The monoisotopic (exact) mass is 387 g/mol. The molecule has 7 nitrogen and oxygen atoms in total. The maximum atomic E-state index is 13.1. The van der Waals surface area contributed by atoms with E-state index >= 15 is 0 Å².